The van der Waals surface area contributed by atoms with E-state index in [1.807, 2.05) is 36.4 Å². The van der Waals surface area contributed by atoms with Gasteiger partial charge in [0.05, 0.1) is 11.4 Å². The molecule has 5 N–H and O–H groups in total. The lowest BCUT2D eigenvalue weighted by atomic mass is 9.94. The maximum Gasteiger partial charge on any atom is 0.248 e. The van der Waals surface area contributed by atoms with Gasteiger partial charge in [-0.1, -0.05) is 69.5 Å². The average Bonchev–Trinajstić information content (AvgIpc) is 2.80. The van der Waals surface area contributed by atoms with Crippen molar-refractivity contribution in [1.82, 2.24) is 10.6 Å². The summed E-state index contributed by atoms with van der Waals surface area (Å²) in [7, 11) is 0. The second kappa shape index (κ2) is 12.2. The van der Waals surface area contributed by atoms with Crippen molar-refractivity contribution in [2.45, 2.75) is 58.0 Å². The van der Waals surface area contributed by atoms with Crippen molar-refractivity contribution in [2.24, 2.45) is 5.92 Å². The number of nitrogens with one attached hydrogen (secondary N) is 3. The molecular weight excluding hydrogens is 412 g/mol. The number of nitrogen functional groups attached to an aromatic ring is 1. The Morgan fingerprint density at radius 2 is 1.73 bits per heavy atom. The highest BCUT2D eigenvalue weighted by Crippen LogP contribution is 2.21. The van der Waals surface area contributed by atoms with E-state index in [1.165, 1.54) is 25.3 Å². The SMILES string of the molecule is CC(C)CNC(C(=O)NC1CCCCC1)c1ccc(C=CC(=O)Nc2ccccc2N)cc1. The number of hydrogen-bond donors (Lipinski definition) is 4. The highest BCUT2D eigenvalue weighted by molar-refractivity contribution is 6.03. The van der Waals surface area contributed by atoms with Crippen LogP contribution in [0.5, 0.6) is 0 Å². The van der Waals surface area contributed by atoms with Crippen LogP contribution >= 0.6 is 0 Å². The number of rotatable bonds is 9. The van der Waals surface area contributed by atoms with Gasteiger partial charge < -0.3 is 21.7 Å². The Labute approximate surface area is 197 Å². The Morgan fingerprint density at radius 1 is 1.03 bits per heavy atom. The molecule has 1 saturated carbocycles. The Kier molecular flexibility index (Phi) is 9.07. The molecule has 2 aromatic carbocycles. The molecular formula is C27H36N4O2. The Bertz CT molecular complexity index is 947. The summed E-state index contributed by atoms with van der Waals surface area (Å²) in [5, 5.41) is 9.44. The maximum atomic E-state index is 13.1. The van der Waals surface area contributed by atoms with Gasteiger partial charge >= 0.3 is 0 Å². The number of amides is 2. The van der Waals surface area contributed by atoms with E-state index in [0.29, 0.717) is 17.3 Å². The number of carbonyl (C=O) groups excluding carboxylic acids is 2. The molecule has 1 atom stereocenters. The fourth-order valence-corrected chi connectivity index (χ4v) is 4.00. The Balaban J connectivity index is 1.64. The van der Waals surface area contributed by atoms with Gasteiger partial charge in [0.1, 0.15) is 6.04 Å². The molecule has 6 nitrogen and oxygen atoms in total. The number of hydrogen-bond acceptors (Lipinski definition) is 4. The summed E-state index contributed by atoms with van der Waals surface area (Å²) in [5.41, 5.74) is 8.78. The molecule has 1 aliphatic carbocycles. The van der Waals surface area contributed by atoms with Gasteiger partial charge in [-0.2, -0.15) is 0 Å². The van der Waals surface area contributed by atoms with E-state index < -0.39 is 6.04 Å². The molecule has 33 heavy (non-hydrogen) atoms. The van der Waals surface area contributed by atoms with Crippen LogP contribution in [0.4, 0.5) is 11.4 Å². The van der Waals surface area contributed by atoms with Crippen LogP contribution in [0, 0.1) is 5.92 Å². The first-order valence-electron chi connectivity index (χ1n) is 11.9. The van der Waals surface area contributed by atoms with Crippen LogP contribution < -0.4 is 21.7 Å². The molecule has 3 rings (SSSR count). The standard InChI is InChI=1S/C27H36N4O2/c1-19(2)18-29-26(27(33)30-22-8-4-3-5-9-22)21-15-12-20(13-16-21)14-17-25(32)31-24-11-7-6-10-23(24)28/h6-7,10-17,19,22,26,29H,3-5,8-9,18,28H2,1-2H3,(H,30,33)(H,31,32). The van der Waals surface area contributed by atoms with Gasteiger partial charge in [0, 0.05) is 12.1 Å². The van der Waals surface area contributed by atoms with Crippen molar-refractivity contribution in [1.29, 1.82) is 0 Å². The lowest BCUT2D eigenvalue weighted by Gasteiger charge is -2.26. The van der Waals surface area contributed by atoms with Gasteiger partial charge in [-0.05, 0) is 54.6 Å². The molecule has 2 aromatic rings. The number of benzene rings is 2. The molecule has 176 valence electrons. The smallest absolute Gasteiger partial charge is 0.248 e. The van der Waals surface area contributed by atoms with Crippen molar-refractivity contribution in [3.8, 4) is 0 Å². The quantitative estimate of drug-likeness (QED) is 0.331. The zero-order chi connectivity index (χ0) is 23.6. The van der Waals surface area contributed by atoms with Gasteiger partial charge in [-0.25, -0.2) is 0 Å². The second-order valence-electron chi connectivity index (χ2n) is 9.16. The van der Waals surface area contributed by atoms with E-state index in [-0.39, 0.29) is 17.9 Å². The number of para-hydroxylation sites is 2. The van der Waals surface area contributed by atoms with E-state index in [1.54, 1.807) is 18.2 Å². The molecule has 0 aliphatic heterocycles. The molecule has 2 amide bonds. The molecule has 1 unspecified atom stereocenters. The zero-order valence-corrected chi connectivity index (χ0v) is 19.6. The van der Waals surface area contributed by atoms with Crippen LogP contribution in [0.15, 0.2) is 54.6 Å². The van der Waals surface area contributed by atoms with Gasteiger partial charge in [-0.3, -0.25) is 9.59 Å². The average molecular weight is 449 g/mol. The minimum absolute atomic E-state index is 0.0330. The minimum Gasteiger partial charge on any atom is -0.397 e. The molecule has 0 aromatic heterocycles. The lowest BCUT2D eigenvalue weighted by Crippen LogP contribution is -2.44. The van der Waals surface area contributed by atoms with E-state index in [0.717, 1.165) is 30.5 Å². The van der Waals surface area contributed by atoms with Crippen LogP contribution in [0.3, 0.4) is 0 Å². The molecule has 0 bridgehead atoms. The second-order valence-corrected chi connectivity index (χ2v) is 9.16. The zero-order valence-electron chi connectivity index (χ0n) is 19.6. The number of carbonyl (C=O) groups is 2. The van der Waals surface area contributed by atoms with E-state index in [2.05, 4.69) is 29.8 Å². The molecule has 1 aliphatic rings. The third kappa shape index (κ3) is 7.75. The molecule has 0 heterocycles. The molecule has 0 radical (unpaired) electrons. The first kappa shape index (κ1) is 24.5. The minimum atomic E-state index is -0.392. The predicted molar refractivity (Wildman–Crippen MR) is 136 cm³/mol. The van der Waals surface area contributed by atoms with Crippen LogP contribution in [0.1, 0.15) is 63.1 Å². The summed E-state index contributed by atoms with van der Waals surface area (Å²) in [5.74, 6) is 0.223. The largest absolute Gasteiger partial charge is 0.397 e. The van der Waals surface area contributed by atoms with Crippen molar-refractivity contribution in [2.75, 3.05) is 17.6 Å². The monoisotopic (exact) mass is 448 g/mol. The predicted octanol–water partition coefficient (Wildman–Crippen LogP) is 4.66. The summed E-state index contributed by atoms with van der Waals surface area (Å²) in [6, 6.07) is 14.8. The van der Waals surface area contributed by atoms with Crippen molar-refractivity contribution < 1.29 is 9.59 Å². The van der Waals surface area contributed by atoms with Gasteiger partial charge in [0.2, 0.25) is 11.8 Å². The summed E-state index contributed by atoms with van der Waals surface area (Å²) in [4.78, 5) is 25.3. The van der Waals surface area contributed by atoms with Crippen molar-refractivity contribution in [3.05, 3.63) is 65.7 Å². The van der Waals surface area contributed by atoms with Crippen LogP contribution in [-0.2, 0) is 9.59 Å². The summed E-state index contributed by atoms with van der Waals surface area (Å²) in [6.45, 7) is 5.02. The molecule has 0 saturated heterocycles. The fourth-order valence-electron chi connectivity index (χ4n) is 4.00. The third-order valence-corrected chi connectivity index (χ3v) is 5.86. The highest BCUT2D eigenvalue weighted by Gasteiger charge is 2.24. The Hall–Kier alpha value is -3.12. The number of nitrogens with two attached hydrogens (primary N) is 1. The van der Waals surface area contributed by atoms with Gasteiger partial charge in [-0.15, -0.1) is 0 Å². The van der Waals surface area contributed by atoms with Gasteiger partial charge in [0.15, 0.2) is 0 Å². The molecule has 6 heteroatoms. The van der Waals surface area contributed by atoms with Crippen LogP contribution in [-0.4, -0.2) is 24.4 Å². The topological polar surface area (TPSA) is 96.2 Å². The number of anilines is 2. The van der Waals surface area contributed by atoms with E-state index in [9.17, 15) is 9.59 Å². The Morgan fingerprint density at radius 3 is 2.39 bits per heavy atom. The van der Waals surface area contributed by atoms with E-state index >= 15 is 0 Å². The lowest BCUT2D eigenvalue weighted by molar-refractivity contribution is -0.124. The van der Waals surface area contributed by atoms with Gasteiger partial charge in [0.25, 0.3) is 0 Å². The fraction of sp³-hybridized carbons (Fsp3) is 0.407. The van der Waals surface area contributed by atoms with Crippen molar-refractivity contribution in [3.63, 3.8) is 0 Å². The van der Waals surface area contributed by atoms with E-state index in [4.69, 9.17) is 5.73 Å². The normalized spacial score (nSPS) is 15.5. The summed E-state index contributed by atoms with van der Waals surface area (Å²) in [6.07, 6.45) is 8.96. The highest BCUT2D eigenvalue weighted by atomic mass is 16.2. The first-order chi connectivity index (χ1) is 15.9. The summed E-state index contributed by atoms with van der Waals surface area (Å²) >= 11 is 0. The molecule has 1 fully saturated rings. The molecule has 0 spiro atoms. The summed E-state index contributed by atoms with van der Waals surface area (Å²) < 4.78 is 0. The third-order valence-electron chi connectivity index (χ3n) is 5.86. The van der Waals surface area contributed by atoms with Crippen LogP contribution in [0.2, 0.25) is 0 Å². The first-order valence-corrected chi connectivity index (χ1v) is 11.9. The van der Waals surface area contributed by atoms with Crippen LogP contribution in [0.25, 0.3) is 6.08 Å². The maximum absolute atomic E-state index is 13.1. The van der Waals surface area contributed by atoms with Crippen molar-refractivity contribution >= 4 is 29.3 Å².